The molecule has 0 aromatic carbocycles. The molecule has 2 heterocycles. The van der Waals surface area contributed by atoms with Crippen LogP contribution in [0, 0.1) is 5.95 Å². The minimum absolute atomic E-state index is 0.0608. The average Bonchev–Trinajstić information content (AvgIpc) is 2.70. The lowest BCUT2D eigenvalue weighted by atomic mass is 10.3. The van der Waals surface area contributed by atoms with Crippen LogP contribution in [-0.2, 0) is 0 Å². The Kier molecular flexibility index (Phi) is 2.57. The van der Waals surface area contributed by atoms with Gasteiger partial charge in [-0.1, -0.05) is 0 Å². The summed E-state index contributed by atoms with van der Waals surface area (Å²) in [5.74, 6) is 0.192. The van der Waals surface area contributed by atoms with Crippen molar-refractivity contribution in [3.05, 3.63) is 36.4 Å². The lowest BCUT2D eigenvalue weighted by Gasteiger charge is -2.11. The molecule has 0 aliphatic carbocycles. The van der Waals surface area contributed by atoms with Crippen molar-refractivity contribution in [2.45, 2.75) is 13.0 Å². The number of pyridine rings is 1. The smallest absolute Gasteiger partial charge is 0.214 e. The summed E-state index contributed by atoms with van der Waals surface area (Å²) in [7, 11) is 0. The van der Waals surface area contributed by atoms with Gasteiger partial charge < -0.3 is 5.32 Å². The van der Waals surface area contributed by atoms with Gasteiger partial charge >= 0.3 is 0 Å². The van der Waals surface area contributed by atoms with E-state index in [1.54, 1.807) is 6.07 Å². The fourth-order valence-corrected chi connectivity index (χ4v) is 1.23. The number of H-pyrrole nitrogens is 1. The maximum atomic E-state index is 12.8. The van der Waals surface area contributed by atoms with E-state index in [9.17, 15) is 4.39 Å². The number of nitrogens with zero attached hydrogens (tertiary/aromatic N) is 3. The first-order valence-electron chi connectivity index (χ1n) is 4.49. The fraction of sp³-hybridized carbons (Fsp3) is 0.222. The lowest BCUT2D eigenvalue weighted by molar-refractivity contribution is 0.584. The van der Waals surface area contributed by atoms with Crippen LogP contribution in [0.1, 0.15) is 18.8 Å². The Morgan fingerprint density at radius 3 is 3.00 bits per heavy atom. The predicted octanol–water partition coefficient (Wildman–Crippen LogP) is 1.51. The third kappa shape index (κ3) is 2.28. The van der Waals surface area contributed by atoms with E-state index in [0.717, 1.165) is 0 Å². The second kappa shape index (κ2) is 4.04. The summed E-state index contributed by atoms with van der Waals surface area (Å²) >= 11 is 0. The van der Waals surface area contributed by atoms with Crippen LogP contribution < -0.4 is 5.32 Å². The van der Waals surface area contributed by atoms with E-state index in [0.29, 0.717) is 11.5 Å². The van der Waals surface area contributed by atoms with Crippen LogP contribution in [0.25, 0.3) is 0 Å². The van der Waals surface area contributed by atoms with Crippen LogP contribution >= 0.6 is 0 Å². The Labute approximate surface area is 85.8 Å². The monoisotopic (exact) mass is 207 g/mol. The molecule has 0 amide bonds. The highest BCUT2D eigenvalue weighted by Crippen LogP contribution is 2.15. The van der Waals surface area contributed by atoms with E-state index in [1.165, 1.54) is 18.6 Å². The summed E-state index contributed by atoms with van der Waals surface area (Å²) in [6, 6.07) is 2.96. The fourth-order valence-electron chi connectivity index (χ4n) is 1.23. The zero-order valence-electron chi connectivity index (χ0n) is 8.11. The summed E-state index contributed by atoms with van der Waals surface area (Å²) in [6.07, 6.45) is 2.84. The Morgan fingerprint density at radius 1 is 1.47 bits per heavy atom. The van der Waals surface area contributed by atoms with E-state index >= 15 is 0 Å². The maximum absolute atomic E-state index is 12.8. The Morgan fingerprint density at radius 2 is 2.33 bits per heavy atom. The third-order valence-corrected chi connectivity index (χ3v) is 1.95. The quantitative estimate of drug-likeness (QED) is 0.749. The zero-order chi connectivity index (χ0) is 10.7. The van der Waals surface area contributed by atoms with E-state index in [1.807, 2.05) is 6.92 Å². The average molecular weight is 207 g/mol. The molecule has 5 nitrogen and oxygen atoms in total. The number of aromatic amines is 1. The minimum Gasteiger partial charge on any atom is -0.375 e. The van der Waals surface area contributed by atoms with E-state index in [2.05, 4.69) is 25.5 Å². The maximum Gasteiger partial charge on any atom is 0.214 e. The number of anilines is 1. The SMILES string of the molecule is CC(Nc1ccnc(F)c1)c1ncn[nH]1. The number of aromatic nitrogens is 4. The van der Waals surface area contributed by atoms with Crippen molar-refractivity contribution in [2.75, 3.05) is 5.32 Å². The van der Waals surface area contributed by atoms with Gasteiger partial charge in [0.1, 0.15) is 12.2 Å². The van der Waals surface area contributed by atoms with Gasteiger partial charge in [0, 0.05) is 18.0 Å². The Balaban J connectivity index is 2.09. The van der Waals surface area contributed by atoms with Crippen molar-refractivity contribution in [3.8, 4) is 0 Å². The molecular weight excluding hydrogens is 197 g/mol. The topological polar surface area (TPSA) is 66.5 Å². The van der Waals surface area contributed by atoms with Gasteiger partial charge in [0.2, 0.25) is 5.95 Å². The van der Waals surface area contributed by atoms with Gasteiger partial charge in [-0.15, -0.1) is 0 Å². The van der Waals surface area contributed by atoms with Crippen LogP contribution in [0.2, 0.25) is 0 Å². The normalized spacial score (nSPS) is 12.4. The molecule has 0 aliphatic heterocycles. The lowest BCUT2D eigenvalue weighted by Crippen LogP contribution is -2.08. The van der Waals surface area contributed by atoms with Crippen molar-refractivity contribution in [2.24, 2.45) is 0 Å². The van der Waals surface area contributed by atoms with Crippen molar-refractivity contribution in [1.29, 1.82) is 0 Å². The van der Waals surface area contributed by atoms with Crippen LogP contribution in [-0.4, -0.2) is 20.2 Å². The van der Waals surface area contributed by atoms with E-state index < -0.39 is 5.95 Å². The van der Waals surface area contributed by atoms with Gasteiger partial charge in [-0.3, -0.25) is 5.10 Å². The van der Waals surface area contributed by atoms with Crippen molar-refractivity contribution < 1.29 is 4.39 Å². The second-order valence-corrected chi connectivity index (χ2v) is 3.10. The molecule has 78 valence electrons. The minimum atomic E-state index is -0.509. The van der Waals surface area contributed by atoms with Gasteiger partial charge in [-0.05, 0) is 13.0 Å². The zero-order valence-corrected chi connectivity index (χ0v) is 8.11. The number of halogens is 1. The van der Waals surface area contributed by atoms with Gasteiger partial charge in [0.25, 0.3) is 0 Å². The molecule has 0 saturated carbocycles. The Bertz CT molecular complexity index is 428. The molecule has 1 unspecified atom stereocenters. The highest BCUT2D eigenvalue weighted by Gasteiger charge is 2.07. The number of rotatable bonds is 3. The third-order valence-electron chi connectivity index (χ3n) is 1.95. The number of hydrogen-bond acceptors (Lipinski definition) is 4. The summed E-state index contributed by atoms with van der Waals surface area (Å²) < 4.78 is 12.8. The van der Waals surface area contributed by atoms with Crippen LogP contribution in [0.15, 0.2) is 24.7 Å². The first kappa shape index (κ1) is 9.57. The number of hydrogen-bond donors (Lipinski definition) is 2. The molecule has 0 saturated heterocycles. The molecule has 2 rings (SSSR count). The Hall–Kier alpha value is -1.98. The molecule has 15 heavy (non-hydrogen) atoms. The van der Waals surface area contributed by atoms with Gasteiger partial charge in [-0.25, -0.2) is 9.97 Å². The van der Waals surface area contributed by atoms with Gasteiger partial charge in [0.05, 0.1) is 6.04 Å². The second-order valence-electron chi connectivity index (χ2n) is 3.10. The summed E-state index contributed by atoms with van der Waals surface area (Å²) in [5, 5.41) is 9.55. The van der Waals surface area contributed by atoms with E-state index in [-0.39, 0.29) is 6.04 Å². The van der Waals surface area contributed by atoms with E-state index in [4.69, 9.17) is 0 Å². The first-order valence-corrected chi connectivity index (χ1v) is 4.49. The van der Waals surface area contributed by atoms with Crippen molar-refractivity contribution >= 4 is 5.69 Å². The summed E-state index contributed by atoms with van der Waals surface area (Å²) in [4.78, 5) is 7.46. The van der Waals surface area contributed by atoms with Crippen molar-refractivity contribution in [3.63, 3.8) is 0 Å². The molecule has 0 aliphatic rings. The molecular formula is C9H10FN5. The largest absolute Gasteiger partial charge is 0.375 e. The highest BCUT2D eigenvalue weighted by atomic mass is 19.1. The molecule has 0 radical (unpaired) electrons. The van der Waals surface area contributed by atoms with Crippen LogP contribution in [0.3, 0.4) is 0 Å². The summed E-state index contributed by atoms with van der Waals surface area (Å²) in [6.45, 7) is 1.90. The van der Waals surface area contributed by atoms with Crippen LogP contribution in [0.4, 0.5) is 10.1 Å². The van der Waals surface area contributed by atoms with Crippen LogP contribution in [0.5, 0.6) is 0 Å². The van der Waals surface area contributed by atoms with Gasteiger partial charge in [0.15, 0.2) is 0 Å². The molecule has 0 bridgehead atoms. The first-order chi connectivity index (χ1) is 7.25. The summed E-state index contributed by atoms with van der Waals surface area (Å²) in [5.41, 5.74) is 0.659. The highest BCUT2D eigenvalue weighted by molar-refractivity contribution is 5.42. The molecule has 2 aromatic rings. The standard InChI is InChI=1S/C9H10FN5/c1-6(9-12-5-13-15-9)14-7-2-3-11-8(10)4-7/h2-6H,1H3,(H,11,14)(H,12,13,15). The molecule has 0 fully saturated rings. The molecule has 0 spiro atoms. The van der Waals surface area contributed by atoms with Gasteiger partial charge in [-0.2, -0.15) is 9.49 Å². The molecule has 2 aromatic heterocycles. The molecule has 1 atom stereocenters. The molecule has 6 heteroatoms. The number of nitrogens with one attached hydrogen (secondary N) is 2. The predicted molar refractivity (Wildman–Crippen MR) is 52.6 cm³/mol. The molecule has 2 N–H and O–H groups in total. The van der Waals surface area contributed by atoms with Crippen molar-refractivity contribution in [1.82, 2.24) is 20.2 Å².